The van der Waals surface area contributed by atoms with Crippen LogP contribution >= 0.6 is 11.6 Å². The first-order chi connectivity index (χ1) is 7.65. The Morgan fingerprint density at radius 1 is 1.50 bits per heavy atom. The van der Waals surface area contributed by atoms with E-state index in [0.29, 0.717) is 6.04 Å². The van der Waals surface area contributed by atoms with Crippen LogP contribution in [0, 0.1) is 6.92 Å². The zero-order chi connectivity index (χ0) is 11.5. The molecule has 1 aliphatic heterocycles. The van der Waals surface area contributed by atoms with Gasteiger partial charge in [0.2, 0.25) is 0 Å². The van der Waals surface area contributed by atoms with Crippen molar-refractivity contribution in [3.05, 3.63) is 34.3 Å². The first-order valence-electron chi connectivity index (χ1n) is 5.88. The SMILES string of the molecule is Cc1cc(Cl)ccc1CN1CCC[C@@H](N)C1. The van der Waals surface area contributed by atoms with Crippen LogP contribution in [0.4, 0.5) is 0 Å². The number of hydrogen-bond acceptors (Lipinski definition) is 2. The zero-order valence-electron chi connectivity index (χ0n) is 9.75. The molecule has 0 unspecified atom stereocenters. The highest BCUT2D eigenvalue weighted by Crippen LogP contribution is 2.18. The summed E-state index contributed by atoms with van der Waals surface area (Å²) in [6.07, 6.45) is 2.38. The molecule has 1 aromatic rings. The maximum Gasteiger partial charge on any atom is 0.0408 e. The largest absolute Gasteiger partial charge is 0.327 e. The van der Waals surface area contributed by atoms with E-state index in [0.717, 1.165) is 31.1 Å². The highest BCUT2D eigenvalue weighted by Gasteiger charge is 2.16. The molecule has 1 saturated heterocycles. The lowest BCUT2D eigenvalue weighted by molar-refractivity contribution is 0.201. The van der Waals surface area contributed by atoms with Crippen LogP contribution in [0.2, 0.25) is 5.02 Å². The fourth-order valence-corrected chi connectivity index (χ4v) is 2.54. The van der Waals surface area contributed by atoms with Crippen molar-refractivity contribution >= 4 is 11.6 Å². The van der Waals surface area contributed by atoms with Crippen LogP contribution in [0.1, 0.15) is 24.0 Å². The number of nitrogens with two attached hydrogens (primary N) is 1. The molecule has 2 rings (SSSR count). The van der Waals surface area contributed by atoms with Gasteiger partial charge in [-0.3, -0.25) is 4.90 Å². The topological polar surface area (TPSA) is 29.3 Å². The van der Waals surface area contributed by atoms with Gasteiger partial charge in [-0.25, -0.2) is 0 Å². The molecular weight excluding hydrogens is 220 g/mol. The standard InChI is InChI=1S/C13H19ClN2/c1-10-7-12(14)5-4-11(10)8-16-6-2-3-13(15)9-16/h4-5,7,13H,2-3,6,8-9,15H2,1H3/t13-/m1/s1. The van der Waals surface area contributed by atoms with Crippen LogP contribution in [-0.2, 0) is 6.54 Å². The van der Waals surface area contributed by atoms with Crippen LogP contribution in [0.5, 0.6) is 0 Å². The van der Waals surface area contributed by atoms with Gasteiger partial charge >= 0.3 is 0 Å². The van der Waals surface area contributed by atoms with E-state index in [1.165, 1.54) is 17.5 Å². The van der Waals surface area contributed by atoms with Gasteiger partial charge in [0, 0.05) is 24.2 Å². The first kappa shape index (κ1) is 11.9. The minimum Gasteiger partial charge on any atom is -0.327 e. The van der Waals surface area contributed by atoms with Crippen molar-refractivity contribution < 1.29 is 0 Å². The highest BCUT2D eigenvalue weighted by atomic mass is 35.5. The number of hydrogen-bond donors (Lipinski definition) is 1. The van der Waals surface area contributed by atoms with Crippen LogP contribution in [-0.4, -0.2) is 24.0 Å². The van der Waals surface area contributed by atoms with E-state index < -0.39 is 0 Å². The van der Waals surface area contributed by atoms with Crippen molar-refractivity contribution in [1.29, 1.82) is 0 Å². The van der Waals surface area contributed by atoms with E-state index in [1.807, 2.05) is 12.1 Å². The summed E-state index contributed by atoms with van der Waals surface area (Å²) in [6.45, 7) is 5.29. The molecule has 0 aliphatic carbocycles. The molecule has 1 atom stereocenters. The van der Waals surface area contributed by atoms with Crippen LogP contribution in [0.3, 0.4) is 0 Å². The van der Waals surface area contributed by atoms with Crippen molar-refractivity contribution in [2.75, 3.05) is 13.1 Å². The number of rotatable bonds is 2. The number of halogens is 1. The first-order valence-corrected chi connectivity index (χ1v) is 6.26. The van der Waals surface area contributed by atoms with Crippen LogP contribution in [0.25, 0.3) is 0 Å². The summed E-state index contributed by atoms with van der Waals surface area (Å²) in [4.78, 5) is 2.43. The Morgan fingerprint density at radius 3 is 3.00 bits per heavy atom. The average molecular weight is 239 g/mol. The van der Waals surface area contributed by atoms with Gasteiger partial charge in [0.25, 0.3) is 0 Å². The van der Waals surface area contributed by atoms with Crippen molar-refractivity contribution in [2.45, 2.75) is 32.4 Å². The number of aryl methyl sites for hydroxylation is 1. The molecule has 0 bridgehead atoms. The molecule has 2 nitrogen and oxygen atoms in total. The quantitative estimate of drug-likeness (QED) is 0.858. The van der Waals surface area contributed by atoms with Gasteiger partial charge in [0.05, 0.1) is 0 Å². The Morgan fingerprint density at radius 2 is 2.31 bits per heavy atom. The van der Waals surface area contributed by atoms with Crippen molar-refractivity contribution in [3.8, 4) is 0 Å². The predicted octanol–water partition coefficient (Wildman–Crippen LogP) is 2.57. The molecule has 88 valence electrons. The normalized spacial score (nSPS) is 22.3. The molecule has 0 saturated carbocycles. The third-order valence-electron chi connectivity index (χ3n) is 3.24. The number of piperidine rings is 1. The fourth-order valence-electron chi connectivity index (χ4n) is 2.31. The van der Waals surface area contributed by atoms with E-state index in [9.17, 15) is 0 Å². The minimum atomic E-state index is 0.348. The maximum absolute atomic E-state index is 5.98. The van der Waals surface area contributed by atoms with Crippen molar-refractivity contribution in [2.24, 2.45) is 5.73 Å². The molecule has 0 spiro atoms. The lowest BCUT2D eigenvalue weighted by Gasteiger charge is -2.31. The molecule has 16 heavy (non-hydrogen) atoms. The lowest BCUT2D eigenvalue weighted by Crippen LogP contribution is -2.42. The predicted molar refractivity (Wildman–Crippen MR) is 68.7 cm³/mol. The molecule has 3 heteroatoms. The van der Waals surface area contributed by atoms with E-state index >= 15 is 0 Å². The maximum atomic E-state index is 5.98. The number of benzene rings is 1. The molecule has 0 amide bonds. The zero-order valence-corrected chi connectivity index (χ0v) is 10.5. The number of likely N-dealkylation sites (tertiary alicyclic amines) is 1. The van der Waals surface area contributed by atoms with Crippen molar-refractivity contribution in [1.82, 2.24) is 4.90 Å². The van der Waals surface area contributed by atoms with E-state index in [4.69, 9.17) is 17.3 Å². The Labute approximate surface area is 102 Å². The summed E-state index contributed by atoms with van der Waals surface area (Å²) >= 11 is 5.95. The smallest absolute Gasteiger partial charge is 0.0408 e. The molecule has 0 aromatic heterocycles. The molecule has 2 N–H and O–H groups in total. The minimum absolute atomic E-state index is 0.348. The number of nitrogens with zero attached hydrogens (tertiary/aromatic N) is 1. The summed E-state index contributed by atoms with van der Waals surface area (Å²) in [5.41, 5.74) is 8.61. The summed E-state index contributed by atoms with van der Waals surface area (Å²) in [6, 6.07) is 6.47. The van der Waals surface area contributed by atoms with E-state index in [1.54, 1.807) is 0 Å². The fraction of sp³-hybridized carbons (Fsp3) is 0.538. The van der Waals surface area contributed by atoms with Crippen LogP contribution < -0.4 is 5.73 Å². The average Bonchev–Trinajstić information content (AvgIpc) is 2.22. The summed E-state index contributed by atoms with van der Waals surface area (Å²) in [5, 5.41) is 0.816. The van der Waals surface area contributed by atoms with Crippen molar-refractivity contribution in [3.63, 3.8) is 0 Å². The summed E-state index contributed by atoms with van der Waals surface area (Å²) in [5.74, 6) is 0. The second-order valence-electron chi connectivity index (χ2n) is 4.71. The van der Waals surface area contributed by atoms with Gasteiger partial charge in [0.1, 0.15) is 0 Å². The van der Waals surface area contributed by atoms with E-state index in [-0.39, 0.29) is 0 Å². The molecule has 1 aliphatic rings. The Bertz CT molecular complexity index is 365. The van der Waals surface area contributed by atoms with Gasteiger partial charge < -0.3 is 5.73 Å². The third kappa shape index (κ3) is 2.97. The van der Waals surface area contributed by atoms with Crippen LogP contribution in [0.15, 0.2) is 18.2 Å². The summed E-state index contributed by atoms with van der Waals surface area (Å²) < 4.78 is 0. The molecule has 1 fully saturated rings. The Kier molecular flexibility index (Phi) is 3.85. The van der Waals surface area contributed by atoms with Gasteiger partial charge in [-0.2, -0.15) is 0 Å². The second kappa shape index (κ2) is 5.17. The Balaban J connectivity index is 2.02. The van der Waals surface area contributed by atoms with Gasteiger partial charge in [-0.05, 0) is 49.6 Å². The van der Waals surface area contributed by atoms with E-state index in [2.05, 4.69) is 17.9 Å². The van der Waals surface area contributed by atoms with Gasteiger partial charge in [0.15, 0.2) is 0 Å². The third-order valence-corrected chi connectivity index (χ3v) is 3.48. The molecule has 0 radical (unpaired) electrons. The lowest BCUT2D eigenvalue weighted by atomic mass is 10.0. The summed E-state index contributed by atoms with van der Waals surface area (Å²) in [7, 11) is 0. The highest BCUT2D eigenvalue weighted by molar-refractivity contribution is 6.30. The monoisotopic (exact) mass is 238 g/mol. The molecular formula is C13H19ClN2. The molecule has 1 aromatic carbocycles. The van der Waals surface area contributed by atoms with Gasteiger partial charge in [-0.15, -0.1) is 0 Å². The van der Waals surface area contributed by atoms with Gasteiger partial charge in [-0.1, -0.05) is 17.7 Å². The Hall–Kier alpha value is -0.570. The second-order valence-corrected chi connectivity index (χ2v) is 5.14. The molecule has 1 heterocycles.